The number of hydrogen-bond donors (Lipinski definition) is 0. The molecular formula is C24H46O3. The molecule has 1 aliphatic carbocycles. The van der Waals surface area contributed by atoms with E-state index in [-0.39, 0.29) is 11.9 Å². The van der Waals surface area contributed by atoms with Gasteiger partial charge in [0.15, 0.2) is 0 Å². The minimum absolute atomic E-state index is 0.0509. The van der Waals surface area contributed by atoms with Crippen molar-refractivity contribution in [2.24, 2.45) is 23.7 Å². The molecule has 3 nitrogen and oxygen atoms in total. The van der Waals surface area contributed by atoms with Crippen molar-refractivity contribution in [2.45, 2.75) is 105 Å². The summed E-state index contributed by atoms with van der Waals surface area (Å²) < 4.78 is 11.7. The average molecular weight is 383 g/mol. The first-order valence-corrected chi connectivity index (χ1v) is 11.9. The van der Waals surface area contributed by atoms with E-state index in [2.05, 4.69) is 27.7 Å². The molecule has 0 amide bonds. The van der Waals surface area contributed by atoms with Crippen molar-refractivity contribution in [3.8, 4) is 0 Å². The van der Waals surface area contributed by atoms with Crippen molar-refractivity contribution in [1.29, 1.82) is 0 Å². The summed E-state index contributed by atoms with van der Waals surface area (Å²) in [5, 5.41) is 0. The third-order valence-corrected chi connectivity index (χ3v) is 6.44. The molecule has 0 heterocycles. The molecule has 0 N–H and O–H groups in total. The SMILES string of the molecule is CCCCC(CC)COCC1CCC(C(=O)OCC(CC)CCCC)CC1. The van der Waals surface area contributed by atoms with Crippen molar-refractivity contribution in [3.05, 3.63) is 0 Å². The van der Waals surface area contributed by atoms with Gasteiger partial charge in [0, 0.05) is 13.2 Å². The molecule has 0 bridgehead atoms. The summed E-state index contributed by atoms with van der Waals surface area (Å²) in [6, 6.07) is 0. The topological polar surface area (TPSA) is 35.5 Å². The number of esters is 1. The Morgan fingerprint density at radius 3 is 1.93 bits per heavy atom. The number of hydrogen-bond acceptors (Lipinski definition) is 3. The van der Waals surface area contributed by atoms with Gasteiger partial charge in [-0.3, -0.25) is 4.79 Å². The van der Waals surface area contributed by atoms with Crippen molar-refractivity contribution in [2.75, 3.05) is 19.8 Å². The van der Waals surface area contributed by atoms with E-state index in [1.807, 2.05) is 0 Å². The van der Waals surface area contributed by atoms with Crippen LogP contribution in [-0.4, -0.2) is 25.8 Å². The number of carbonyl (C=O) groups is 1. The molecule has 1 saturated carbocycles. The van der Waals surface area contributed by atoms with Crippen LogP contribution in [0.1, 0.15) is 105 Å². The number of carbonyl (C=O) groups excluding carboxylic acids is 1. The molecule has 0 radical (unpaired) electrons. The molecular weight excluding hydrogens is 336 g/mol. The fourth-order valence-electron chi connectivity index (χ4n) is 4.08. The maximum absolute atomic E-state index is 12.4. The van der Waals surface area contributed by atoms with Crippen LogP contribution in [0.25, 0.3) is 0 Å². The summed E-state index contributed by atoms with van der Waals surface area (Å²) in [5.74, 6) is 2.06. The Morgan fingerprint density at radius 2 is 1.41 bits per heavy atom. The van der Waals surface area contributed by atoms with Crippen LogP contribution >= 0.6 is 0 Å². The Bertz CT molecular complexity index is 361. The highest BCUT2D eigenvalue weighted by Crippen LogP contribution is 2.30. The normalized spacial score (nSPS) is 22.4. The Kier molecular flexibility index (Phi) is 13.9. The Balaban J connectivity index is 2.18. The zero-order valence-electron chi connectivity index (χ0n) is 18.6. The maximum Gasteiger partial charge on any atom is 0.308 e. The monoisotopic (exact) mass is 382 g/mol. The first kappa shape index (κ1) is 24.5. The van der Waals surface area contributed by atoms with Gasteiger partial charge in [0.25, 0.3) is 0 Å². The molecule has 1 rings (SSSR count). The molecule has 27 heavy (non-hydrogen) atoms. The van der Waals surface area contributed by atoms with Crippen LogP contribution < -0.4 is 0 Å². The van der Waals surface area contributed by atoms with Crippen LogP contribution in [0.15, 0.2) is 0 Å². The van der Waals surface area contributed by atoms with E-state index in [1.54, 1.807) is 0 Å². The lowest BCUT2D eigenvalue weighted by atomic mass is 9.82. The van der Waals surface area contributed by atoms with E-state index in [1.165, 1.54) is 44.9 Å². The van der Waals surface area contributed by atoms with Gasteiger partial charge in [0.2, 0.25) is 0 Å². The van der Waals surface area contributed by atoms with Gasteiger partial charge in [-0.25, -0.2) is 0 Å². The standard InChI is InChI=1S/C24H46O3/c1-5-9-11-20(7-3)17-26-18-22-13-15-23(16-14-22)24(25)27-19-21(8-4)12-10-6-2/h20-23H,5-19H2,1-4H3. The smallest absolute Gasteiger partial charge is 0.308 e. The Hall–Kier alpha value is -0.570. The molecule has 0 saturated heterocycles. The zero-order chi connectivity index (χ0) is 19.9. The number of rotatable bonds is 15. The molecule has 2 unspecified atom stereocenters. The summed E-state index contributed by atoms with van der Waals surface area (Å²) in [6.45, 7) is 11.3. The summed E-state index contributed by atoms with van der Waals surface area (Å²) in [7, 11) is 0. The molecule has 1 fully saturated rings. The second kappa shape index (κ2) is 15.4. The Morgan fingerprint density at radius 1 is 0.852 bits per heavy atom. The number of ether oxygens (including phenoxy) is 2. The largest absolute Gasteiger partial charge is 0.465 e. The molecule has 0 aromatic heterocycles. The third kappa shape index (κ3) is 10.5. The van der Waals surface area contributed by atoms with Crippen molar-refractivity contribution in [1.82, 2.24) is 0 Å². The van der Waals surface area contributed by atoms with Crippen LogP contribution in [0.4, 0.5) is 0 Å². The van der Waals surface area contributed by atoms with Gasteiger partial charge >= 0.3 is 5.97 Å². The van der Waals surface area contributed by atoms with Crippen LogP contribution in [0.5, 0.6) is 0 Å². The summed E-state index contributed by atoms with van der Waals surface area (Å²) in [5.41, 5.74) is 0. The lowest BCUT2D eigenvalue weighted by molar-refractivity contribution is -0.151. The molecule has 0 spiro atoms. The average Bonchev–Trinajstić information content (AvgIpc) is 2.71. The van der Waals surface area contributed by atoms with Crippen LogP contribution in [0.3, 0.4) is 0 Å². The molecule has 2 atom stereocenters. The van der Waals surface area contributed by atoms with Gasteiger partial charge in [0.1, 0.15) is 0 Å². The van der Waals surface area contributed by atoms with E-state index in [0.717, 1.165) is 51.2 Å². The van der Waals surface area contributed by atoms with E-state index in [9.17, 15) is 4.79 Å². The van der Waals surface area contributed by atoms with Gasteiger partial charge in [-0.15, -0.1) is 0 Å². The van der Waals surface area contributed by atoms with Crippen molar-refractivity contribution in [3.63, 3.8) is 0 Å². The van der Waals surface area contributed by atoms with E-state index in [0.29, 0.717) is 18.4 Å². The first-order chi connectivity index (χ1) is 13.1. The second-order valence-corrected chi connectivity index (χ2v) is 8.72. The van der Waals surface area contributed by atoms with Gasteiger partial charge in [0.05, 0.1) is 12.5 Å². The summed E-state index contributed by atoms with van der Waals surface area (Å²) in [6.07, 6.45) is 14.0. The highest BCUT2D eigenvalue weighted by atomic mass is 16.5. The summed E-state index contributed by atoms with van der Waals surface area (Å²) >= 11 is 0. The van der Waals surface area contributed by atoms with Crippen molar-refractivity contribution < 1.29 is 14.3 Å². The van der Waals surface area contributed by atoms with Crippen molar-refractivity contribution >= 4 is 5.97 Å². The molecule has 0 aliphatic heterocycles. The van der Waals surface area contributed by atoms with E-state index in [4.69, 9.17) is 9.47 Å². The summed E-state index contributed by atoms with van der Waals surface area (Å²) in [4.78, 5) is 12.4. The van der Waals surface area contributed by atoms with Crippen LogP contribution in [-0.2, 0) is 14.3 Å². The second-order valence-electron chi connectivity index (χ2n) is 8.72. The molecule has 160 valence electrons. The quantitative estimate of drug-likeness (QED) is 0.293. The lowest BCUT2D eigenvalue weighted by Gasteiger charge is -2.28. The number of unbranched alkanes of at least 4 members (excludes halogenated alkanes) is 2. The predicted octanol–water partition coefficient (Wildman–Crippen LogP) is 6.79. The fourth-order valence-corrected chi connectivity index (χ4v) is 4.08. The predicted molar refractivity (Wildman–Crippen MR) is 114 cm³/mol. The minimum Gasteiger partial charge on any atom is -0.465 e. The molecule has 3 heteroatoms. The van der Waals surface area contributed by atoms with Gasteiger partial charge in [-0.1, -0.05) is 66.2 Å². The highest BCUT2D eigenvalue weighted by molar-refractivity contribution is 5.72. The van der Waals surface area contributed by atoms with Gasteiger partial charge in [-0.2, -0.15) is 0 Å². The fraction of sp³-hybridized carbons (Fsp3) is 0.958. The highest BCUT2D eigenvalue weighted by Gasteiger charge is 2.28. The minimum atomic E-state index is 0.0509. The Labute approximate surface area is 169 Å². The van der Waals surface area contributed by atoms with E-state index >= 15 is 0 Å². The zero-order valence-corrected chi connectivity index (χ0v) is 18.6. The maximum atomic E-state index is 12.4. The lowest BCUT2D eigenvalue weighted by Crippen LogP contribution is -2.27. The van der Waals surface area contributed by atoms with Crippen LogP contribution in [0.2, 0.25) is 0 Å². The third-order valence-electron chi connectivity index (χ3n) is 6.44. The molecule has 1 aliphatic rings. The van der Waals surface area contributed by atoms with Gasteiger partial charge < -0.3 is 9.47 Å². The first-order valence-electron chi connectivity index (χ1n) is 11.9. The van der Waals surface area contributed by atoms with Gasteiger partial charge in [-0.05, 0) is 56.3 Å². The van der Waals surface area contributed by atoms with Crippen LogP contribution in [0, 0.1) is 23.7 Å². The molecule has 0 aromatic rings. The van der Waals surface area contributed by atoms with E-state index < -0.39 is 0 Å². The molecule has 0 aromatic carbocycles.